The van der Waals surface area contributed by atoms with Crippen molar-refractivity contribution in [2.45, 2.75) is 6.92 Å². The van der Waals surface area contributed by atoms with Gasteiger partial charge in [0.05, 0.1) is 0 Å². The molecule has 0 radical (unpaired) electrons. The second-order valence-corrected chi connectivity index (χ2v) is 3.24. The number of benzene rings is 1. The summed E-state index contributed by atoms with van der Waals surface area (Å²) in [4.78, 5) is 14.5. The van der Waals surface area contributed by atoms with E-state index in [1.54, 1.807) is 6.07 Å². The number of rotatable bonds is 2. The Morgan fingerprint density at radius 3 is 2.81 bits per heavy atom. The van der Waals surface area contributed by atoms with Crippen molar-refractivity contribution in [3.05, 3.63) is 41.5 Å². The van der Waals surface area contributed by atoms with Crippen LogP contribution in [0.5, 0.6) is 0 Å². The molecule has 0 aliphatic carbocycles. The summed E-state index contributed by atoms with van der Waals surface area (Å²) in [6, 6.07) is 5.62. The Bertz CT molecular complexity index is 548. The summed E-state index contributed by atoms with van der Waals surface area (Å²) >= 11 is 0. The topological polar surface area (TPSA) is 63.3 Å². The highest BCUT2D eigenvalue weighted by Crippen LogP contribution is 2.22. The van der Waals surface area contributed by atoms with Gasteiger partial charge in [-0.2, -0.15) is 0 Å². The van der Waals surface area contributed by atoms with E-state index >= 15 is 0 Å². The Kier molecular flexibility index (Phi) is 2.44. The van der Waals surface area contributed by atoms with E-state index in [1.165, 1.54) is 25.1 Å². The number of aromatic carboxylic acids is 1. The lowest BCUT2D eigenvalue weighted by Gasteiger charge is -1.94. The Hall–Kier alpha value is -2.17. The minimum atomic E-state index is -1.16. The zero-order valence-corrected chi connectivity index (χ0v) is 8.40. The molecule has 4 nitrogen and oxygen atoms in total. The largest absolute Gasteiger partial charge is 0.476 e. The van der Waals surface area contributed by atoms with Crippen LogP contribution < -0.4 is 0 Å². The van der Waals surface area contributed by atoms with E-state index in [-0.39, 0.29) is 17.3 Å². The number of halogens is 1. The predicted molar refractivity (Wildman–Crippen MR) is 53.6 cm³/mol. The molecule has 0 atom stereocenters. The van der Waals surface area contributed by atoms with Crippen molar-refractivity contribution in [3.63, 3.8) is 0 Å². The van der Waals surface area contributed by atoms with Crippen LogP contribution in [0.4, 0.5) is 4.39 Å². The minimum absolute atomic E-state index is 0.106. The normalized spacial score (nSPS) is 10.4. The summed E-state index contributed by atoms with van der Waals surface area (Å²) in [6.07, 6.45) is 0. The lowest BCUT2D eigenvalue weighted by molar-refractivity contribution is 0.0689. The predicted octanol–water partition coefficient (Wildman–Crippen LogP) is 2.49. The van der Waals surface area contributed by atoms with Crippen LogP contribution in [0, 0.1) is 12.7 Å². The SMILES string of the molecule is Cc1oc(-c2cccc(F)c2)nc1C(=O)O. The first-order valence-corrected chi connectivity index (χ1v) is 4.54. The summed E-state index contributed by atoms with van der Waals surface area (Å²) in [7, 11) is 0. The summed E-state index contributed by atoms with van der Waals surface area (Å²) in [5.74, 6) is -1.28. The van der Waals surface area contributed by atoms with Crippen molar-refractivity contribution in [3.8, 4) is 11.5 Å². The van der Waals surface area contributed by atoms with Gasteiger partial charge in [-0.15, -0.1) is 0 Å². The molecular weight excluding hydrogens is 213 g/mol. The molecule has 5 heteroatoms. The van der Waals surface area contributed by atoms with Gasteiger partial charge in [0.25, 0.3) is 0 Å². The number of aromatic nitrogens is 1. The van der Waals surface area contributed by atoms with Gasteiger partial charge in [0.15, 0.2) is 5.69 Å². The number of hydrogen-bond acceptors (Lipinski definition) is 3. The second-order valence-electron chi connectivity index (χ2n) is 3.24. The third-order valence-electron chi connectivity index (χ3n) is 2.07. The fourth-order valence-corrected chi connectivity index (χ4v) is 1.34. The number of carbonyl (C=O) groups is 1. The Balaban J connectivity index is 2.49. The molecule has 82 valence electrons. The molecule has 0 unspecified atom stereocenters. The van der Waals surface area contributed by atoms with Gasteiger partial charge in [0.2, 0.25) is 5.89 Å². The molecule has 0 spiro atoms. The number of carboxylic acids is 1. The Labute approximate surface area is 90.4 Å². The van der Waals surface area contributed by atoms with E-state index in [0.717, 1.165) is 0 Å². The third kappa shape index (κ3) is 1.79. The van der Waals surface area contributed by atoms with Crippen molar-refractivity contribution in [1.29, 1.82) is 0 Å². The number of aryl methyl sites for hydroxylation is 1. The molecule has 0 aliphatic rings. The molecule has 0 saturated heterocycles. The molecule has 1 aromatic heterocycles. The van der Waals surface area contributed by atoms with Crippen molar-refractivity contribution < 1.29 is 18.7 Å². The molecular formula is C11H8FNO3. The summed E-state index contributed by atoms with van der Waals surface area (Å²) in [5.41, 5.74) is 0.259. The van der Waals surface area contributed by atoms with Gasteiger partial charge in [0, 0.05) is 5.56 Å². The van der Waals surface area contributed by atoms with E-state index in [2.05, 4.69) is 4.98 Å². The molecule has 0 fully saturated rings. The first-order valence-electron chi connectivity index (χ1n) is 4.54. The number of nitrogens with zero attached hydrogens (tertiary/aromatic N) is 1. The number of carboxylic acid groups (broad SMARTS) is 1. The van der Waals surface area contributed by atoms with Crippen LogP contribution in [0.15, 0.2) is 28.7 Å². The average Bonchev–Trinajstić information content (AvgIpc) is 2.60. The zero-order valence-electron chi connectivity index (χ0n) is 8.40. The van der Waals surface area contributed by atoms with E-state index in [9.17, 15) is 9.18 Å². The van der Waals surface area contributed by atoms with E-state index in [1.807, 2.05) is 0 Å². The standard InChI is InChI=1S/C11H8FNO3/c1-6-9(11(14)15)13-10(16-6)7-3-2-4-8(12)5-7/h2-5H,1H3,(H,14,15). The monoisotopic (exact) mass is 221 g/mol. The van der Waals surface area contributed by atoms with Gasteiger partial charge in [-0.3, -0.25) is 0 Å². The summed E-state index contributed by atoms with van der Waals surface area (Å²) < 4.78 is 18.1. The van der Waals surface area contributed by atoms with Crippen LogP contribution in [-0.4, -0.2) is 16.1 Å². The zero-order chi connectivity index (χ0) is 11.7. The highest BCUT2D eigenvalue weighted by Gasteiger charge is 2.16. The summed E-state index contributed by atoms with van der Waals surface area (Å²) in [5, 5.41) is 8.78. The van der Waals surface area contributed by atoms with Crippen molar-refractivity contribution >= 4 is 5.97 Å². The fourth-order valence-electron chi connectivity index (χ4n) is 1.34. The minimum Gasteiger partial charge on any atom is -0.476 e. The van der Waals surface area contributed by atoms with Crippen LogP contribution in [0.1, 0.15) is 16.2 Å². The van der Waals surface area contributed by atoms with Crippen LogP contribution in [0.3, 0.4) is 0 Å². The van der Waals surface area contributed by atoms with Crippen molar-refractivity contribution in [1.82, 2.24) is 4.98 Å². The molecule has 1 N–H and O–H groups in total. The van der Waals surface area contributed by atoms with Crippen LogP contribution in [0.25, 0.3) is 11.5 Å². The molecule has 0 bridgehead atoms. The Morgan fingerprint density at radius 2 is 2.25 bits per heavy atom. The van der Waals surface area contributed by atoms with Gasteiger partial charge in [-0.25, -0.2) is 14.2 Å². The summed E-state index contributed by atoms with van der Waals surface area (Å²) in [6.45, 7) is 1.50. The van der Waals surface area contributed by atoms with Crippen LogP contribution >= 0.6 is 0 Å². The van der Waals surface area contributed by atoms with E-state index in [0.29, 0.717) is 5.56 Å². The van der Waals surface area contributed by atoms with Crippen molar-refractivity contribution in [2.75, 3.05) is 0 Å². The van der Waals surface area contributed by atoms with Gasteiger partial charge < -0.3 is 9.52 Å². The van der Waals surface area contributed by atoms with Gasteiger partial charge in [-0.05, 0) is 25.1 Å². The van der Waals surface area contributed by atoms with Crippen molar-refractivity contribution in [2.24, 2.45) is 0 Å². The fraction of sp³-hybridized carbons (Fsp3) is 0.0909. The van der Waals surface area contributed by atoms with E-state index < -0.39 is 11.8 Å². The molecule has 16 heavy (non-hydrogen) atoms. The smallest absolute Gasteiger partial charge is 0.358 e. The highest BCUT2D eigenvalue weighted by atomic mass is 19.1. The quantitative estimate of drug-likeness (QED) is 0.846. The lowest BCUT2D eigenvalue weighted by Crippen LogP contribution is -1.98. The highest BCUT2D eigenvalue weighted by molar-refractivity contribution is 5.87. The average molecular weight is 221 g/mol. The maximum atomic E-state index is 12.9. The van der Waals surface area contributed by atoms with E-state index in [4.69, 9.17) is 9.52 Å². The molecule has 2 rings (SSSR count). The van der Waals surface area contributed by atoms with Crippen LogP contribution in [0.2, 0.25) is 0 Å². The van der Waals surface area contributed by atoms with Gasteiger partial charge in [-0.1, -0.05) is 6.07 Å². The van der Waals surface area contributed by atoms with Crippen LogP contribution in [-0.2, 0) is 0 Å². The lowest BCUT2D eigenvalue weighted by atomic mass is 10.2. The van der Waals surface area contributed by atoms with Gasteiger partial charge in [0.1, 0.15) is 11.6 Å². The van der Waals surface area contributed by atoms with Gasteiger partial charge >= 0.3 is 5.97 Å². The molecule has 0 aliphatic heterocycles. The Morgan fingerprint density at radius 1 is 1.50 bits per heavy atom. The molecule has 1 aromatic carbocycles. The first kappa shape index (κ1) is 10.4. The maximum absolute atomic E-state index is 12.9. The molecule has 0 amide bonds. The second kappa shape index (κ2) is 3.77. The molecule has 1 heterocycles. The third-order valence-corrected chi connectivity index (χ3v) is 2.07. The number of oxazole rings is 1. The molecule has 2 aromatic rings. The number of hydrogen-bond donors (Lipinski definition) is 1. The molecule has 0 saturated carbocycles. The first-order chi connectivity index (χ1) is 7.58. The maximum Gasteiger partial charge on any atom is 0.358 e.